The predicted molar refractivity (Wildman–Crippen MR) is 77.3 cm³/mol. The molecule has 1 unspecified atom stereocenters. The van der Waals surface area contributed by atoms with Crippen molar-refractivity contribution in [3.63, 3.8) is 0 Å². The van der Waals surface area contributed by atoms with E-state index in [4.69, 9.17) is 5.26 Å². The molecule has 0 aliphatic rings. The monoisotopic (exact) mass is 258 g/mol. The van der Waals surface area contributed by atoms with Crippen LogP contribution < -0.4 is 0 Å². The SMILES string of the molecule is Cc1cc(C)c(C(=O)CN(C)CC(C)C#N)c(C)c1. The average molecular weight is 258 g/mol. The van der Waals surface area contributed by atoms with E-state index < -0.39 is 0 Å². The molecule has 3 heteroatoms. The summed E-state index contributed by atoms with van der Waals surface area (Å²) in [4.78, 5) is 14.3. The van der Waals surface area contributed by atoms with Gasteiger partial charge in [-0.1, -0.05) is 17.7 Å². The molecule has 19 heavy (non-hydrogen) atoms. The first-order valence-electron chi connectivity index (χ1n) is 6.54. The highest BCUT2D eigenvalue weighted by Gasteiger charge is 2.15. The van der Waals surface area contributed by atoms with Crippen LogP contribution in [0.3, 0.4) is 0 Å². The van der Waals surface area contributed by atoms with E-state index in [0.717, 1.165) is 16.7 Å². The molecule has 1 aromatic rings. The Bertz CT molecular complexity index is 491. The molecule has 0 N–H and O–H groups in total. The molecule has 0 saturated heterocycles. The maximum Gasteiger partial charge on any atom is 0.177 e. The van der Waals surface area contributed by atoms with Crippen LogP contribution in [0.4, 0.5) is 0 Å². The zero-order valence-corrected chi connectivity index (χ0v) is 12.4. The molecule has 0 radical (unpaired) electrons. The number of rotatable bonds is 5. The molecule has 0 spiro atoms. The van der Waals surface area contributed by atoms with Crippen molar-refractivity contribution in [2.45, 2.75) is 27.7 Å². The second kappa shape index (κ2) is 6.49. The normalized spacial score (nSPS) is 12.3. The second-order valence-corrected chi connectivity index (χ2v) is 5.42. The van der Waals surface area contributed by atoms with Gasteiger partial charge < -0.3 is 0 Å². The zero-order valence-electron chi connectivity index (χ0n) is 12.4. The fraction of sp³-hybridized carbons (Fsp3) is 0.500. The standard InChI is InChI=1S/C16H22N2O/c1-11-6-13(3)16(14(4)7-11)15(19)10-18(5)9-12(2)8-17/h6-7,12H,9-10H2,1-5H3. The van der Waals surface area contributed by atoms with Crippen molar-refractivity contribution in [2.24, 2.45) is 5.92 Å². The first-order chi connectivity index (χ1) is 8.85. The van der Waals surface area contributed by atoms with Gasteiger partial charge in [0.15, 0.2) is 5.78 Å². The van der Waals surface area contributed by atoms with E-state index >= 15 is 0 Å². The minimum absolute atomic E-state index is 0.0574. The number of hydrogen-bond donors (Lipinski definition) is 0. The minimum atomic E-state index is -0.0574. The van der Waals surface area contributed by atoms with Gasteiger partial charge in [-0.25, -0.2) is 0 Å². The van der Waals surface area contributed by atoms with Gasteiger partial charge in [-0.05, 0) is 45.9 Å². The molecule has 0 heterocycles. The summed E-state index contributed by atoms with van der Waals surface area (Å²) in [5, 5.41) is 8.79. The lowest BCUT2D eigenvalue weighted by atomic mass is 9.96. The fourth-order valence-electron chi connectivity index (χ4n) is 2.52. The number of aryl methyl sites for hydroxylation is 3. The van der Waals surface area contributed by atoms with Gasteiger partial charge in [0, 0.05) is 12.1 Å². The molecule has 0 bridgehead atoms. The van der Waals surface area contributed by atoms with Crippen LogP contribution in [0.15, 0.2) is 12.1 Å². The molecule has 0 aliphatic carbocycles. The van der Waals surface area contributed by atoms with Crippen LogP contribution in [0.5, 0.6) is 0 Å². The molecular weight excluding hydrogens is 236 g/mol. The fourth-order valence-corrected chi connectivity index (χ4v) is 2.52. The van der Waals surface area contributed by atoms with Crippen molar-refractivity contribution in [1.29, 1.82) is 5.26 Å². The summed E-state index contributed by atoms with van der Waals surface area (Å²) in [6.07, 6.45) is 0. The predicted octanol–water partition coefficient (Wildman–Crippen LogP) is 2.89. The Morgan fingerprint density at radius 1 is 1.32 bits per heavy atom. The number of ketones is 1. The molecule has 0 aromatic heterocycles. The van der Waals surface area contributed by atoms with Gasteiger partial charge in [0.2, 0.25) is 0 Å². The van der Waals surface area contributed by atoms with Crippen LogP contribution in [0.2, 0.25) is 0 Å². The average Bonchev–Trinajstić information content (AvgIpc) is 2.26. The van der Waals surface area contributed by atoms with Crippen LogP contribution in [0.1, 0.15) is 34.0 Å². The van der Waals surface area contributed by atoms with E-state index in [1.165, 1.54) is 5.56 Å². The van der Waals surface area contributed by atoms with Crippen molar-refractivity contribution in [3.05, 3.63) is 34.4 Å². The molecule has 0 fully saturated rings. The zero-order chi connectivity index (χ0) is 14.6. The third-order valence-corrected chi connectivity index (χ3v) is 3.18. The first-order valence-corrected chi connectivity index (χ1v) is 6.54. The number of benzene rings is 1. The summed E-state index contributed by atoms with van der Waals surface area (Å²) >= 11 is 0. The Labute approximate surface area is 115 Å². The maximum atomic E-state index is 12.4. The third kappa shape index (κ3) is 4.18. The Balaban J connectivity index is 2.82. The smallest absolute Gasteiger partial charge is 0.177 e. The van der Waals surface area contributed by atoms with Gasteiger partial charge in [-0.3, -0.25) is 9.69 Å². The van der Waals surface area contributed by atoms with Crippen molar-refractivity contribution in [1.82, 2.24) is 4.90 Å². The second-order valence-electron chi connectivity index (χ2n) is 5.42. The van der Waals surface area contributed by atoms with Crippen LogP contribution in [-0.2, 0) is 0 Å². The molecule has 0 aliphatic heterocycles. The van der Waals surface area contributed by atoms with Crippen molar-refractivity contribution >= 4 is 5.78 Å². The van der Waals surface area contributed by atoms with Gasteiger partial charge in [-0.15, -0.1) is 0 Å². The molecule has 0 amide bonds. The summed E-state index contributed by atoms with van der Waals surface area (Å²) in [6, 6.07) is 6.27. The minimum Gasteiger partial charge on any atom is -0.298 e. The number of nitrogens with zero attached hydrogens (tertiary/aromatic N) is 2. The largest absolute Gasteiger partial charge is 0.298 e. The number of nitriles is 1. The highest BCUT2D eigenvalue weighted by molar-refractivity contribution is 6.00. The van der Waals surface area contributed by atoms with E-state index in [2.05, 4.69) is 6.07 Å². The summed E-state index contributed by atoms with van der Waals surface area (Å²) in [5.41, 5.74) is 4.06. The van der Waals surface area contributed by atoms with E-state index in [9.17, 15) is 4.79 Å². The Hall–Kier alpha value is -1.66. The van der Waals surface area contributed by atoms with Crippen molar-refractivity contribution < 1.29 is 4.79 Å². The maximum absolute atomic E-state index is 12.4. The Morgan fingerprint density at radius 2 is 1.84 bits per heavy atom. The van der Waals surface area contributed by atoms with Gasteiger partial charge in [0.25, 0.3) is 0 Å². The number of carbonyl (C=O) groups is 1. The van der Waals surface area contributed by atoms with Crippen molar-refractivity contribution in [3.8, 4) is 6.07 Å². The van der Waals surface area contributed by atoms with E-state index in [1.54, 1.807) is 0 Å². The lowest BCUT2D eigenvalue weighted by molar-refractivity contribution is 0.0941. The lowest BCUT2D eigenvalue weighted by Crippen LogP contribution is -2.30. The summed E-state index contributed by atoms with van der Waals surface area (Å²) < 4.78 is 0. The molecule has 1 rings (SSSR count). The number of likely N-dealkylation sites (N-methyl/N-ethyl adjacent to an activating group) is 1. The number of Topliss-reactive ketones (excluding diaryl/α,β-unsaturated/α-hetero) is 1. The van der Waals surface area contributed by atoms with Crippen LogP contribution in [-0.4, -0.2) is 30.8 Å². The topological polar surface area (TPSA) is 44.1 Å². The van der Waals surface area contributed by atoms with E-state index in [0.29, 0.717) is 13.1 Å². The Morgan fingerprint density at radius 3 is 2.32 bits per heavy atom. The molecule has 102 valence electrons. The molecule has 3 nitrogen and oxygen atoms in total. The van der Waals surface area contributed by atoms with Gasteiger partial charge in [-0.2, -0.15) is 5.26 Å². The molecule has 1 atom stereocenters. The van der Waals surface area contributed by atoms with E-state index in [-0.39, 0.29) is 11.7 Å². The van der Waals surface area contributed by atoms with Crippen LogP contribution in [0, 0.1) is 38.0 Å². The molecular formula is C16H22N2O. The highest BCUT2D eigenvalue weighted by atomic mass is 16.1. The quantitative estimate of drug-likeness (QED) is 0.763. The summed E-state index contributed by atoms with van der Waals surface area (Å²) in [7, 11) is 1.88. The van der Waals surface area contributed by atoms with Crippen LogP contribution in [0.25, 0.3) is 0 Å². The number of hydrogen-bond acceptors (Lipinski definition) is 3. The van der Waals surface area contributed by atoms with Gasteiger partial charge >= 0.3 is 0 Å². The van der Waals surface area contributed by atoms with E-state index in [1.807, 2.05) is 51.8 Å². The van der Waals surface area contributed by atoms with Crippen LogP contribution >= 0.6 is 0 Å². The molecule has 1 aromatic carbocycles. The lowest BCUT2D eigenvalue weighted by Gasteiger charge is -2.18. The third-order valence-electron chi connectivity index (χ3n) is 3.18. The summed E-state index contributed by atoms with van der Waals surface area (Å²) in [6.45, 7) is 8.83. The van der Waals surface area contributed by atoms with Gasteiger partial charge in [0.1, 0.15) is 0 Å². The van der Waals surface area contributed by atoms with Gasteiger partial charge in [0.05, 0.1) is 18.5 Å². The summed E-state index contributed by atoms with van der Waals surface area (Å²) in [5.74, 6) is 0.0700. The Kier molecular flexibility index (Phi) is 5.26. The number of carbonyl (C=O) groups excluding carboxylic acids is 1. The molecule has 0 saturated carbocycles. The van der Waals surface area contributed by atoms with Crippen molar-refractivity contribution in [2.75, 3.05) is 20.1 Å². The first kappa shape index (κ1) is 15.4. The highest BCUT2D eigenvalue weighted by Crippen LogP contribution is 2.17.